The Balaban J connectivity index is 2.20. The highest BCUT2D eigenvalue weighted by Crippen LogP contribution is 2.30. The number of aryl methyl sites for hydroxylation is 1. The highest BCUT2D eigenvalue weighted by molar-refractivity contribution is 5.35. The summed E-state index contributed by atoms with van der Waals surface area (Å²) >= 11 is 0. The van der Waals surface area contributed by atoms with Crippen molar-refractivity contribution in [1.29, 1.82) is 0 Å². The predicted octanol–water partition coefficient (Wildman–Crippen LogP) is 2.87. The van der Waals surface area contributed by atoms with Crippen molar-refractivity contribution in [3.05, 3.63) is 34.9 Å². The standard InChI is InChI=1S/C14H21NO/c1-9-5-4-6-12(11(9)3)14(15)13-8-7-10(2)16-13/h4-6,10,13-14H,7-8,15H2,1-3H3. The first kappa shape index (κ1) is 11.6. The first-order valence-corrected chi connectivity index (χ1v) is 6.06. The molecule has 16 heavy (non-hydrogen) atoms. The molecule has 0 aliphatic carbocycles. The van der Waals surface area contributed by atoms with Crippen LogP contribution in [0.2, 0.25) is 0 Å². The van der Waals surface area contributed by atoms with Crippen molar-refractivity contribution < 1.29 is 4.74 Å². The summed E-state index contributed by atoms with van der Waals surface area (Å²) in [6, 6.07) is 6.35. The lowest BCUT2D eigenvalue weighted by Crippen LogP contribution is -2.27. The third-order valence-electron chi connectivity index (χ3n) is 3.67. The van der Waals surface area contributed by atoms with Gasteiger partial charge in [-0.2, -0.15) is 0 Å². The lowest BCUT2D eigenvalue weighted by atomic mass is 9.94. The predicted molar refractivity (Wildman–Crippen MR) is 66.4 cm³/mol. The highest BCUT2D eigenvalue weighted by atomic mass is 16.5. The van der Waals surface area contributed by atoms with Crippen molar-refractivity contribution in [1.82, 2.24) is 0 Å². The van der Waals surface area contributed by atoms with Gasteiger partial charge in [0.15, 0.2) is 0 Å². The summed E-state index contributed by atoms with van der Waals surface area (Å²) in [5.74, 6) is 0. The minimum absolute atomic E-state index is 0.0184. The molecule has 0 radical (unpaired) electrons. The van der Waals surface area contributed by atoms with Crippen LogP contribution in [0.1, 0.15) is 42.5 Å². The van der Waals surface area contributed by atoms with Gasteiger partial charge in [-0.3, -0.25) is 0 Å². The molecular formula is C14H21NO. The number of hydrogen-bond acceptors (Lipinski definition) is 2. The van der Waals surface area contributed by atoms with Crippen molar-refractivity contribution in [3.8, 4) is 0 Å². The van der Waals surface area contributed by atoms with Crippen LogP contribution in [0.4, 0.5) is 0 Å². The van der Waals surface area contributed by atoms with E-state index >= 15 is 0 Å². The molecule has 0 amide bonds. The van der Waals surface area contributed by atoms with E-state index in [9.17, 15) is 0 Å². The van der Waals surface area contributed by atoms with Crippen molar-refractivity contribution in [3.63, 3.8) is 0 Å². The third kappa shape index (κ3) is 2.13. The van der Waals surface area contributed by atoms with Crippen LogP contribution in [-0.4, -0.2) is 12.2 Å². The Hall–Kier alpha value is -0.860. The second-order valence-corrected chi connectivity index (χ2v) is 4.88. The maximum absolute atomic E-state index is 6.31. The van der Waals surface area contributed by atoms with E-state index in [1.54, 1.807) is 0 Å². The zero-order valence-electron chi connectivity index (χ0n) is 10.4. The van der Waals surface area contributed by atoms with Crippen molar-refractivity contribution in [2.24, 2.45) is 5.73 Å². The van der Waals surface area contributed by atoms with Gasteiger partial charge < -0.3 is 10.5 Å². The molecule has 1 aromatic rings. The van der Waals surface area contributed by atoms with Crippen LogP contribution in [-0.2, 0) is 4.74 Å². The van der Waals surface area contributed by atoms with Gasteiger partial charge in [0, 0.05) is 0 Å². The molecule has 0 bridgehead atoms. The SMILES string of the molecule is Cc1cccc(C(N)C2CCC(C)O2)c1C. The number of rotatable bonds is 2. The molecule has 1 aliphatic rings. The van der Waals surface area contributed by atoms with Gasteiger partial charge in [-0.25, -0.2) is 0 Å². The van der Waals surface area contributed by atoms with Crippen LogP contribution in [0.5, 0.6) is 0 Å². The van der Waals surface area contributed by atoms with E-state index in [-0.39, 0.29) is 12.1 Å². The number of hydrogen-bond donors (Lipinski definition) is 1. The lowest BCUT2D eigenvalue weighted by molar-refractivity contribution is 0.0400. The minimum Gasteiger partial charge on any atom is -0.373 e. The molecule has 0 spiro atoms. The maximum atomic E-state index is 6.31. The minimum atomic E-state index is 0.0184. The van der Waals surface area contributed by atoms with E-state index in [1.807, 2.05) is 0 Å². The average molecular weight is 219 g/mol. The van der Waals surface area contributed by atoms with E-state index < -0.39 is 0 Å². The van der Waals surface area contributed by atoms with E-state index in [4.69, 9.17) is 10.5 Å². The van der Waals surface area contributed by atoms with E-state index in [2.05, 4.69) is 39.0 Å². The molecule has 2 N–H and O–H groups in total. The van der Waals surface area contributed by atoms with Gasteiger partial charge in [-0.05, 0) is 50.3 Å². The molecule has 1 saturated heterocycles. The monoisotopic (exact) mass is 219 g/mol. The fourth-order valence-corrected chi connectivity index (χ4v) is 2.43. The molecule has 1 fully saturated rings. The van der Waals surface area contributed by atoms with Gasteiger partial charge in [-0.15, -0.1) is 0 Å². The molecule has 2 rings (SSSR count). The van der Waals surface area contributed by atoms with Gasteiger partial charge in [0.2, 0.25) is 0 Å². The Kier molecular flexibility index (Phi) is 3.31. The molecule has 0 saturated carbocycles. The molecular weight excluding hydrogens is 198 g/mol. The first-order chi connectivity index (χ1) is 7.59. The molecule has 2 nitrogen and oxygen atoms in total. The number of nitrogens with two attached hydrogens (primary N) is 1. The van der Waals surface area contributed by atoms with Gasteiger partial charge >= 0.3 is 0 Å². The Labute approximate surface area is 97.8 Å². The summed E-state index contributed by atoms with van der Waals surface area (Å²) in [7, 11) is 0. The van der Waals surface area contributed by atoms with E-state index in [0.717, 1.165) is 12.8 Å². The average Bonchev–Trinajstić information content (AvgIpc) is 2.68. The molecule has 1 heterocycles. The summed E-state index contributed by atoms with van der Waals surface area (Å²) < 4.78 is 5.85. The molecule has 1 aliphatic heterocycles. The Morgan fingerprint density at radius 3 is 2.69 bits per heavy atom. The van der Waals surface area contributed by atoms with Crippen LogP contribution in [0.25, 0.3) is 0 Å². The van der Waals surface area contributed by atoms with Crippen LogP contribution in [0.15, 0.2) is 18.2 Å². The van der Waals surface area contributed by atoms with Gasteiger partial charge in [-0.1, -0.05) is 18.2 Å². The van der Waals surface area contributed by atoms with Crippen LogP contribution in [0.3, 0.4) is 0 Å². The lowest BCUT2D eigenvalue weighted by Gasteiger charge is -2.22. The van der Waals surface area contributed by atoms with Gasteiger partial charge in [0.25, 0.3) is 0 Å². The van der Waals surface area contributed by atoms with Crippen molar-refractivity contribution in [2.75, 3.05) is 0 Å². The van der Waals surface area contributed by atoms with Gasteiger partial charge in [0.1, 0.15) is 0 Å². The number of ether oxygens (including phenoxy) is 1. The Morgan fingerprint density at radius 1 is 1.31 bits per heavy atom. The fourth-order valence-electron chi connectivity index (χ4n) is 2.43. The fraction of sp³-hybridized carbons (Fsp3) is 0.571. The maximum Gasteiger partial charge on any atom is 0.0772 e. The third-order valence-corrected chi connectivity index (χ3v) is 3.67. The smallest absolute Gasteiger partial charge is 0.0772 e. The van der Waals surface area contributed by atoms with Gasteiger partial charge in [0.05, 0.1) is 18.2 Å². The Morgan fingerprint density at radius 2 is 2.06 bits per heavy atom. The molecule has 3 atom stereocenters. The second kappa shape index (κ2) is 4.56. The summed E-state index contributed by atoms with van der Waals surface area (Å²) in [6.07, 6.45) is 2.76. The second-order valence-electron chi connectivity index (χ2n) is 4.88. The highest BCUT2D eigenvalue weighted by Gasteiger charge is 2.28. The molecule has 2 heteroatoms. The Bertz CT molecular complexity index is 375. The zero-order valence-corrected chi connectivity index (χ0v) is 10.4. The largest absolute Gasteiger partial charge is 0.373 e. The van der Waals surface area contributed by atoms with Crippen LogP contribution in [0, 0.1) is 13.8 Å². The zero-order chi connectivity index (χ0) is 11.7. The van der Waals surface area contributed by atoms with Crippen LogP contribution >= 0.6 is 0 Å². The molecule has 0 aromatic heterocycles. The van der Waals surface area contributed by atoms with Crippen molar-refractivity contribution >= 4 is 0 Å². The van der Waals surface area contributed by atoms with E-state index in [0.29, 0.717) is 6.10 Å². The quantitative estimate of drug-likeness (QED) is 0.830. The number of benzene rings is 1. The topological polar surface area (TPSA) is 35.2 Å². The molecule has 88 valence electrons. The normalized spacial score (nSPS) is 27.0. The molecule has 3 unspecified atom stereocenters. The van der Waals surface area contributed by atoms with Crippen molar-refractivity contribution in [2.45, 2.75) is 51.9 Å². The summed E-state index contributed by atoms with van der Waals surface area (Å²) in [5, 5.41) is 0. The molecule has 1 aromatic carbocycles. The summed E-state index contributed by atoms with van der Waals surface area (Å²) in [4.78, 5) is 0. The van der Waals surface area contributed by atoms with E-state index in [1.165, 1.54) is 16.7 Å². The summed E-state index contributed by atoms with van der Waals surface area (Å²) in [6.45, 7) is 6.39. The first-order valence-electron chi connectivity index (χ1n) is 6.06. The van der Waals surface area contributed by atoms with Crippen LogP contribution < -0.4 is 5.73 Å². The summed E-state index contributed by atoms with van der Waals surface area (Å²) in [5.41, 5.74) is 10.2.